The van der Waals surface area contributed by atoms with Crippen molar-refractivity contribution in [1.82, 2.24) is 0 Å². The van der Waals surface area contributed by atoms with Gasteiger partial charge in [0, 0.05) is 22.7 Å². The van der Waals surface area contributed by atoms with E-state index in [1.165, 1.54) is 12.1 Å². The number of rotatable bonds is 2. The first kappa shape index (κ1) is 14.9. The average Bonchev–Trinajstić information content (AvgIpc) is 2.33. The Labute approximate surface area is 124 Å². The van der Waals surface area contributed by atoms with Crippen LogP contribution in [0.4, 0.5) is 5.69 Å². The van der Waals surface area contributed by atoms with E-state index in [1.54, 1.807) is 6.92 Å². The van der Waals surface area contributed by atoms with E-state index in [9.17, 15) is 5.11 Å². The summed E-state index contributed by atoms with van der Waals surface area (Å²) >= 11 is 3.58. The molecule has 0 saturated carbocycles. The average molecular weight is 326 g/mol. The van der Waals surface area contributed by atoms with Crippen LogP contribution in [0.25, 0.3) is 0 Å². The molecule has 0 amide bonds. The van der Waals surface area contributed by atoms with Crippen molar-refractivity contribution in [1.29, 1.82) is 0 Å². The number of aliphatic hydroxyl groups excluding tert-OH is 1. The van der Waals surface area contributed by atoms with Gasteiger partial charge < -0.3 is 10.0 Å². The van der Waals surface area contributed by atoms with Crippen LogP contribution in [0.1, 0.15) is 45.8 Å². The smallest absolute Gasteiger partial charge is 0.0772 e. The molecule has 0 aromatic heterocycles. The monoisotopic (exact) mass is 325 g/mol. The molecule has 3 unspecified atom stereocenters. The van der Waals surface area contributed by atoms with E-state index >= 15 is 0 Å². The predicted molar refractivity (Wildman–Crippen MR) is 84.5 cm³/mol. The lowest BCUT2D eigenvalue weighted by atomic mass is 9.85. The molecule has 1 fully saturated rings. The van der Waals surface area contributed by atoms with Crippen molar-refractivity contribution in [2.24, 2.45) is 11.8 Å². The fraction of sp³-hybridized carbons (Fsp3) is 0.625. The van der Waals surface area contributed by atoms with E-state index in [4.69, 9.17) is 0 Å². The van der Waals surface area contributed by atoms with E-state index in [0.29, 0.717) is 6.04 Å². The SMILES string of the molecule is CC1CC(C)C(C)N(c2ccc([C@H](C)O)c(Br)c2)C1. The fourth-order valence-electron chi connectivity index (χ4n) is 3.09. The number of halogens is 1. The molecule has 1 saturated heterocycles. The maximum atomic E-state index is 9.70. The first-order valence-electron chi connectivity index (χ1n) is 7.14. The molecular weight excluding hydrogens is 302 g/mol. The molecule has 1 aromatic rings. The van der Waals surface area contributed by atoms with Crippen LogP contribution in [0.5, 0.6) is 0 Å². The van der Waals surface area contributed by atoms with Crippen molar-refractivity contribution in [3.05, 3.63) is 28.2 Å². The van der Waals surface area contributed by atoms with Gasteiger partial charge in [-0.1, -0.05) is 35.8 Å². The second-order valence-electron chi connectivity index (χ2n) is 6.09. The molecule has 3 heteroatoms. The molecule has 2 rings (SSSR count). The van der Waals surface area contributed by atoms with E-state index < -0.39 is 6.10 Å². The van der Waals surface area contributed by atoms with Gasteiger partial charge in [0.05, 0.1) is 6.10 Å². The molecule has 1 aliphatic rings. The van der Waals surface area contributed by atoms with E-state index in [0.717, 1.165) is 28.4 Å². The highest BCUT2D eigenvalue weighted by molar-refractivity contribution is 9.10. The van der Waals surface area contributed by atoms with Crippen LogP contribution in [0.3, 0.4) is 0 Å². The molecule has 1 aromatic carbocycles. The fourth-order valence-corrected chi connectivity index (χ4v) is 3.79. The molecule has 19 heavy (non-hydrogen) atoms. The minimum atomic E-state index is -0.431. The molecule has 4 atom stereocenters. The molecule has 0 radical (unpaired) electrons. The Balaban J connectivity index is 2.28. The van der Waals surface area contributed by atoms with Gasteiger partial charge in [-0.25, -0.2) is 0 Å². The number of aliphatic hydroxyl groups is 1. The Bertz CT molecular complexity index is 446. The quantitative estimate of drug-likeness (QED) is 0.872. The summed E-state index contributed by atoms with van der Waals surface area (Å²) in [4.78, 5) is 2.50. The van der Waals surface area contributed by atoms with Gasteiger partial charge in [0.1, 0.15) is 0 Å². The Kier molecular flexibility index (Phi) is 4.57. The molecule has 1 heterocycles. The summed E-state index contributed by atoms with van der Waals surface area (Å²) in [5, 5.41) is 9.70. The van der Waals surface area contributed by atoms with Crippen molar-refractivity contribution in [3.63, 3.8) is 0 Å². The third-order valence-corrected chi connectivity index (χ3v) is 5.05. The van der Waals surface area contributed by atoms with Gasteiger partial charge >= 0.3 is 0 Å². The van der Waals surface area contributed by atoms with Crippen LogP contribution in [0, 0.1) is 11.8 Å². The normalized spacial score (nSPS) is 29.4. The highest BCUT2D eigenvalue weighted by Gasteiger charge is 2.29. The second kappa shape index (κ2) is 5.84. The second-order valence-corrected chi connectivity index (χ2v) is 6.95. The van der Waals surface area contributed by atoms with Gasteiger partial charge in [-0.2, -0.15) is 0 Å². The summed E-state index contributed by atoms with van der Waals surface area (Å²) in [5.74, 6) is 1.46. The zero-order valence-corrected chi connectivity index (χ0v) is 13.8. The molecule has 0 spiro atoms. The number of nitrogens with zero attached hydrogens (tertiary/aromatic N) is 1. The topological polar surface area (TPSA) is 23.5 Å². The van der Waals surface area contributed by atoms with Gasteiger partial charge in [-0.3, -0.25) is 0 Å². The first-order chi connectivity index (χ1) is 8.90. The number of hydrogen-bond donors (Lipinski definition) is 1. The minimum absolute atomic E-state index is 0.431. The predicted octanol–water partition coefficient (Wildman–Crippen LogP) is 4.37. The van der Waals surface area contributed by atoms with Crippen molar-refractivity contribution in [2.45, 2.75) is 46.3 Å². The third-order valence-electron chi connectivity index (χ3n) is 4.36. The summed E-state index contributed by atoms with van der Waals surface area (Å²) in [7, 11) is 0. The number of piperidine rings is 1. The Morgan fingerprint density at radius 3 is 2.58 bits per heavy atom. The zero-order valence-electron chi connectivity index (χ0n) is 12.2. The molecule has 1 N–H and O–H groups in total. The summed E-state index contributed by atoms with van der Waals surface area (Å²) < 4.78 is 0.998. The standard InChI is InChI=1S/C16H24BrNO/c1-10-7-11(2)12(3)18(9-10)14-5-6-15(13(4)19)16(17)8-14/h5-6,8,10-13,19H,7,9H2,1-4H3/t10?,11?,12?,13-/m0/s1. The Morgan fingerprint density at radius 2 is 2.00 bits per heavy atom. The van der Waals surface area contributed by atoms with Crippen LogP contribution in [-0.2, 0) is 0 Å². The molecule has 1 aliphatic heterocycles. The minimum Gasteiger partial charge on any atom is -0.389 e. The number of anilines is 1. The summed E-state index contributed by atoms with van der Waals surface area (Å²) in [6.07, 6.45) is 0.880. The lowest BCUT2D eigenvalue weighted by molar-refractivity contribution is 0.198. The maximum absolute atomic E-state index is 9.70. The van der Waals surface area contributed by atoms with Crippen molar-refractivity contribution >= 4 is 21.6 Å². The summed E-state index contributed by atoms with van der Waals surface area (Å²) in [6, 6.07) is 6.87. The van der Waals surface area contributed by atoms with E-state index in [1.807, 2.05) is 6.07 Å². The van der Waals surface area contributed by atoms with E-state index in [2.05, 4.69) is 53.7 Å². The number of hydrogen-bond acceptors (Lipinski definition) is 2. The lowest BCUT2D eigenvalue weighted by Crippen LogP contribution is -2.45. The van der Waals surface area contributed by atoms with Gasteiger partial charge in [0.15, 0.2) is 0 Å². The maximum Gasteiger partial charge on any atom is 0.0772 e. The summed E-state index contributed by atoms with van der Waals surface area (Å²) in [6.45, 7) is 9.90. The summed E-state index contributed by atoms with van der Waals surface area (Å²) in [5.41, 5.74) is 2.21. The number of benzene rings is 1. The lowest BCUT2D eigenvalue weighted by Gasteiger charge is -2.42. The van der Waals surface area contributed by atoms with Crippen LogP contribution in [0.2, 0.25) is 0 Å². The van der Waals surface area contributed by atoms with Gasteiger partial charge in [0.25, 0.3) is 0 Å². The van der Waals surface area contributed by atoms with Crippen LogP contribution < -0.4 is 4.90 Å². The highest BCUT2D eigenvalue weighted by atomic mass is 79.9. The third kappa shape index (κ3) is 3.14. The molecule has 0 aliphatic carbocycles. The highest BCUT2D eigenvalue weighted by Crippen LogP contribution is 2.34. The van der Waals surface area contributed by atoms with Crippen LogP contribution in [-0.4, -0.2) is 17.7 Å². The van der Waals surface area contributed by atoms with Gasteiger partial charge in [0.2, 0.25) is 0 Å². The Hall–Kier alpha value is -0.540. The molecular formula is C16H24BrNO. The van der Waals surface area contributed by atoms with Crippen molar-refractivity contribution in [3.8, 4) is 0 Å². The van der Waals surface area contributed by atoms with E-state index in [-0.39, 0.29) is 0 Å². The van der Waals surface area contributed by atoms with Crippen molar-refractivity contribution in [2.75, 3.05) is 11.4 Å². The van der Waals surface area contributed by atoms with Crippen molar-refractivity contribution < 1.29 is 5.11 Å². The first-order valence-corrected chi connectivity index (χ1v) is 7.93. The molecule has 0 bridgehead atoms. The largest absolute Gasteiger partial charge is 0.389 e. The zero-order chi connectivity index (χ0) is 14.2. The Morgan fingerprint density at radius 1 is 1.32 bits per heavy atom. The van der Waals surface area contributed by atoms with Crippen LogP contribution >= 0.6 is 15.9 Å². The molecule has 106 valence electrons. The van der Waals surface area contributed by atoms with Gasteiger partial charge in [-0.15, -0.1) is 0 Å². The van der Waals surface area contributed by atoms with Crippen LogP contribution in [0.15, 0.2) is 22.7 Å². The molecule has 2 nitrogen and oxygen atoms in total. The van der Waals surface area contributed by atoms with Gasteiger partial charge in [-0.05, 0) is 49.8 Å².